The summed E-state index contributed by atoms with van der Waals surface area (Å²) in [6, 6.07) is 0. The van der Waals surface area contributed by atoms with Gasteiger partial charge < -0.3 is 14.6 Å². The number of hydrogen-bond acceptors (Lipinski definition) is 4. The molecule has 0 aromatic carbocycles. The van der Waals surface area contributed by atoms with Crippen molar-refractivity contribution < 1.29 is 19.4 Å². The number of carbonyl (C=O) groups is 1. The molecule has 0 rings (SSSR count). The van der Waals surface area contributed by atoms with Crippen LogP contribution in [0.15, 0.2) is 0 Å². The first-order valence-electron chi connectivity index (χ1n) is 8.21. The molecule has 0 heterocycles. The highest BCUT2D eigenvalue weighted by molar-refractivity contribution is 5.59. The maximum Gasteiger partial charge on any atom is 0.508 e. The average Bonchev–Trinajstić information content (AvgIpc) is 2.46. The Morgan fingerprint density at radius 3 is 1.70 bits per heavy atom. The molecule has 0 atom stereocenters. The zero-order chi connectivity index (χ0) is 14.9. The summed E-state index contributed by atoms with van der Waals surface area (Å²) in [5, 5.41) is 8.46. The summed E-state index contributed by atoms with van der Waals surface area (Å²) in [7, 11) is 0. The van der Waals surface area contributed by atoms with E-state index in [0.717, 1.165) is 12.8 Å². The first-order chi connectivity index (χ1) is 9.81. The van der Waals surface area contributed by atoms with Crippen molar-refractivity contribution in [3.63, 3.8) is 0 Å². The Morgan fingerprint density at radius 1 is 0.750 bits per heavy atom. The summed E-state index contributed by atoms with van der Waals surface area (Å²) in [6.45, 7) is 2.52. The average molecular weight is 288 g/mol. The molecule has 0 aromatic heterocycles. The number of carbonyl (C=O) groups excluding carboxylic acids is 1. The molecule has 0 saturated carbocycles. The van der Waals surface area contributed by atoms with Crippen molar-refractivity contribution in [2.45, 2.75) is 77.6 Å². The highest BCUT2D eigenvalue weighted by Crippen LogP contribution is 2.11. The normalized spacial score (nSPS) is 10.5. The molecule has 0 unspecified atom stereocenters. The van der Waals surface area contributed by atoms with E-state index >= 15 is 0 Å². The summed E-state index contributed by atoms with van der Waals surface area (Å²) in [6.07, 6.45) is 13.3. The number of hydrogen-bond donors (Lipinski definition) is 1. The minimum absolute atomic E-state index is 0.0110. The van der Waals surface area contributed by atoms with Gasteiger partial charge in [-0.05, 0) is 6.42 Å². The van der Waals surface area contributed by atoms with Gasteiger partial charge in [0.25, 0.3) is 0 Å². The fourth-order valence-electron chi connectivity index (χ4n) is 2.09. The monoisotopic (exact) mass is 288 g/mol. The van der Waals surface area contributed by atoms with Gasteiger partial charge in [0.05, 0.1) is 13.2 Å². The van der Waals surface area contributed by atoms with Crippen molar-refractivity contribution in [1.82, 2.24) is 0 Å². The molecule has 0 amide bonds. The van der Waals surface area contributed by atoms with E-state index in [1.54, 1.807) is 0 Å². The number of rotatable bonds is 14. The third-order valence-corrected chi connectivity index (χ3v) is 3.28. The Balaban J connectivity index is 3.04. The van der Waals surface area contributed by atoms with Crippen molar-refractivity contribution >= 4 is 6.16 Å². The smallest absolute Gasteiger partial charge is 0.434 e. The van der Waals surface area contributed by atoms with Gasteiger partial charge >= 0.3 is 6.16 Å². The molecule has 1 N–H and O–H groups in total. The van der Waals surface area contributed by atoms with Crippen LogP contribution in [-0.4, -0.2) is 31.1 Å². The number of unbranched alkanes of at least 4 members (excludes halogenated alkanes) is 10. The molecule has 120 valence electrons. The first-order valence-corrected chi connectivity index (χ1v) is 8.21. The van der Waals surface area contributed by atoms with Crippen LogP contribution in [0.4, 0.5) is 4.79 Å². The summed E-state index contributed by atoms with van der Waals surface area (Å²) >= 11 is 0. The molecule has 4 heteroatoms. The van der Waals surface area contributed by atoms with Crippen LogP contribution in [0.3, 0.4) is 0 Å². The lowest BCUT2D eigenvalue weighted by atomic mass is 10.1. The van der Waals surface area contributed by atoms with E-state index < -0.39 is 6.16 Å². The minimum atomic E-state index is -0.675. The SMILES string of the molecule is CCCCCCCCCCCCCOC(=O)OCCO. The zero-order valence-electron chi connectivity index (χ0n) is 13.1. The highest BCUT2D eigenvalue weighted by atomic mass is 16.7. The lowest BCUT2D eigenvalue weighted by molar-refractivity contribution is 0.0425. The molecule has 0 radical (unpaired) electrons. The van der Waals surface area contributed by atoms with Crippen molar-refractivity contribution in [1.29, 1.82) is 0 Å². The van der Waals surface area contributed by atoms with Crippen LogP contribution in [0.2, 0.25) is 0 Å². The van der Waals surface area contributed by atoms with E-state index in [9.17, 15) is 4.79 Å². The molecule has 0 aliphatic carbocycles. The summed E-state index contributed by atoms with van der Waals surface area (Å²) < 4.78 is 9.43. The third-order valence-electron chi connectivity index (χ3n) is 3.28. The molecule has 0 fully saturated rings. The topological polar surface area (TPSA) is 55.8 Å². The van der Waals surface area contributed by atoms with Crippen LogP contribution in [0.5, 0.6) is 0 Å². The predicted octanol–water partition coefficient (Wildman–Crippen LogP) is 4.44. The fourth-order valence-corrected chi connectivity index (χ4v) is 2.09. The molecule has 0 bridgehead atoms. The Bertz CT molecular complexity index is 207. The third kappa shape index (κ3) is 15.3. The van der Waals surface area contributed by atoms with Crippen molar-refractivity contribution in [2.75, 3.05) is 19.8 Å². The van der Waals surface area contributed by atoms with E-state index in [1.807, 2.05) is 0 Å². The Morgan fingerprint density at radius 2 is 1.20 bits per heavy atom. The molecule has 0 aliphatic rings. The van der Waals surface area contributed by atoms with E-state index in [1.165, 1.54) is 57.8 Å². The molecule has 20 heavy (non-hydrogen) atoms. The molecular weight excluding hydrogens is 256 g/mol. The summed E-state index contributed by atoms with van der Waals surface area (Å²) in [5.41, 5.74) is 0. The standard InChI is InChI=1S/C16H32O4/c1-2-3-4-5-6-7-8-9-10-11-12-14-19-16(18)20-15-13-17/h17H,2-15H2,1H3. The maximum absolute atomic E-state index is 10.9. The second-order valence-corrected chi connectivity index (χ2v) is 5.21. The van der Waals surface area contributed by atoms with Gasteiger partial charge in [-0.15, -0.1) is 0 Å². The van der Waals surface area contributed by atoms with Crippen molar-refractivity contribution in [2.24, 2.45) is 0 Å². The van der Waals surface area contributed by atoms with Gasteiger partial charge in [-0.1, -0.05) is 71.1 Å². The van der Waals surface area contributed by atoms with Crippen molar-refractivity contribution in [3.8, 4) is 0 Å². The second-order valence-electron chi connectivity index (χ2n) is 5.21. The lowest BCUT2D eigenvalue weighted by Crippen LogP contribution is -2.11. The van der Waals surface area contributed by atoms with E-state index in [2.05, 4.69) is 11.7 Å². The van der Waals surface area contributed by atoms with E-state index in [0.29, 0.717) is 6.61 Å². The number of aliphatic hydroxyl groups excluding tert-OH is 1. The summed E-state index contributed by atoms with van der Waals surface area (Å²) in [4.78, 5) is 10.9. The Hall–Kier alpha value is -0.770. The van der Waals surface area contributed by atoms with Gasteiger partial charge in [-0.3, -0.25) is 0 Å². The van der Waals surface area contributed by atoms with Gasteiger partial charge in [0.1, 0.15) is 6.61 Å². The van der Waals surface area contributed by atoms with Crippen LogP contribution >= 0.6 is 0 Å². The zero-order valence-corrected chi connectivity index (χ0v) is 13.1. The molecular formula is C16H32O4. The largest absolute Gasteiger partial charge is 0.508 e. The van der Waals surface area contributed by atoms with Crippen LogP contribution in [0.1, 0.15) is 77.6 Å². The van der Waals surface area contributed by atoms with Crippen molar-refractivity contribution in [3.05, 3.63) is 0 Å². The van der Waals surface area contributed by atoms with E-state index in [-0.39, 0.29) is 13.2 Å². The lowest BCUT2D eigenvalue weighted by Gasteiger charge is -2.05. The van der Waals surface area contributed by atoms with E-state index in [4.69, 9.17) is 9.84 Å². The van der Waals surface area contributed by atoms with Crippen LogP contribution in [0.25, 0.3) is 0 Å². The molecule has 0 aromatic rings. The van der Waals surface area contributed by atoms with Gasteiger partial charge in [0, 0.05) is 0 Å². The Labute approximate surface area is 123 Å². The molecule has 4 nitrogen and oxygen atoms in total. The first kappa shape index (κ1) is 19.2. The van der Waals surface area contributed by atoms with Crippen LogP contribution < -0.4 is 0 Å². The number of aliphatic hydroxyl groups is 1. The predicted molar refractivity (Wildman–Crippen MR) is 80.8 cm³/mol. The molecule has 0 spiro atoms. The second kappa shape index (κ2) is 16.3. The van der Waals surface area contributed by atoms with Gasteiger partial charge in [-0.25, -0.2) is 4.79 Å². The molecule has 0 aliphatic heterocycles. The van der Waals surface area contributed by atoms with Gasteiger partial charge in [0.15, 0.2) is 0 Å². The maximum atomic E-state index is 10.9. The van der Waals surface area contributed by atoms with Gasteiger partial charge in [-0.2, -0.15) is 0 Å². The van der Waals surface area contributed by atoms with Crippen LogP contribution in [0, 0.1) is 0 Å². The summed E-state index contributed by atoms with van der Waals surface area (Å²) in [5.74, 6) is 0. The number of ether oxygens (including phenoxy) is 2. The Kier molecular flexibility index (Phi) is 15.7. The fraction of sp³-hybridized carbons (Fsp3) is 0.938. The highest BCUT2D eigenvalue weighted by Gasteiger charge is 2.01. The molecule has 0 saturated heterocycles. The van der Waals surface area contributed by atoms with Crippen LogP contribution in [-0.2, 0) is 9.47 Å². The minimum Gasteiger partial charge on any atom is -0.434 e. The quantitative estimate of drug-likeness (QED) is 0.379. The van der Waals surface area contributed by atoms with Gasteiger partial charge in [0.2, 0.25) is 0 Å².